The molecule has 0 aliphatic heterocycles. The molecule has 0 heteroatoms. The van der Waals surface area contributed by atoms with Gasteiger partial charge in [0.15, 0.2) is 0 Å². The van der Waals surface area contributed by atoms with Gasteiger partial charge in [-0.05, 0) is 23.7 Å². The van der Waals surface area contributed by atoms with Crippen LogP contribution in [0.4, 0.5) is 0 Å². The van der Waals surface area contributed by atoms with E-state index in [0.717, 1.165) is 23.7 Å². The molecule has 2 aliphatic rings. The SMILES string of the molecule is CCC1CCC(CC)CC1.CCCCCC1CCC(CC)CC1. The van der Waals surface area contributed by atoms with Crippen LogP contribution in [0.25, 0.3) is 0 Å². The van der Waals surface area contributed by atoms with Gasteiger partial charge in [0, 0.05) is 0 Å². The Kier molecular flexibility index (Phi) is 12.2. The maximum atomic E-state index is 2.35. The monoisotopic (exact) mass is 322 g/mol. The van der Waals surface area contributed by atoms with Crippen LogP contribution in [0.3, 0.4) is 0 Å². The summed E-state index contributed by atoms with van der Waals surface area (Å²) in [6.07, 6.45) is 22.2. The summed E-state index contributed by atoms with van der Waals surface area (Å²) in [6.45, 7) is 9.31. The van der Waals surface area contributed by atoms with Gasteiger partial charge in [0.25, 0.3) is 0 Å². The van der Waals surface area contributed by atoms with Gasteiger partial charge >= 0.3 is 0 Å². The van der Waals surface area contributed by atoms with Crippen molar-refractivity contribution in [2.45, 2.75) is 124 Å². The zero-order valence-corrected chi connectivity index (χ0v) is 16.9. The number of unbranched alkanes of at least 4 members (excludes halogenated alkanes) is 2. The Morgan fingerprint density at radius 2 is 0.826 bits per heavy atom. The van der Waals surface area contributed by atoms with E-state index < -0.39 is 0 Å². The molecule has 2 saturated carbocycles. The molecule has 0 aromatic heterocycles. The van der Waals surface area contributed by atoms with Crippen LogP contribution in [0.1, 0.15) is 124 Å². The molecule has 0 nitrogen and oxygen atoms in total. The quantitative estimate of drug-likeness (QED) is 0.413. The minimum Gasteiger partial charge on any atom is -0.0654 e. The molecule has 0 aromatic rings. The molecular weight excluding hydrogens is 276 g/mol. The average molecular weight is 323 g/mol. The molecule has 23 heavy (non-hydrogen) atoms. The van der Waals surface area contributed by atoms with Crippen LogP contribution < -0.4 is 0 Å². The molecule has 0 unspecified atom stereocenters. The third-order valence-corrected chi connectivity index (χ3v) is 6.88. The van der Waals surface area contributed by atoms with Gasteiger partial charge in [-0.25, -0.2) is 0 Å². The molecule has 0 aromatic carbocycles. The smallest absolute Gasteiger partial charge is 0.0414 e. The lowest BCUT2D eigenvalue weighted by Gasteiger charge is -2.27. The fourth-order valence-corrected chi connectivity index (χ4v) is 4.66. The van der Waals surface area contributed by atoms with E-state index in [1.54, 1.807) is 0 Å². The lowest BCUT2D eigenvalue weighted by molar-refractivity contribution is 0.254. The molecule has 0 atom stereocenters. The number of hydrogen-bond acceptors (Lipinski definition) is 0. The van der Waals surface area contributed by atoms with Crippen molar-refractivity contribution < 1.29 is 0 Å². The molecule has 0 radical (unpaired) electrons. The fraction of sp³-hybridized carbons (Fsp3) is 1.00. The van der Waals surface area contributed by atoms with Crippen LogP contribution >= 0.6 is 0 Å². The normalized spacial score (nSPS) is 31.3. The Hall–Kier alpha value is 0. The molecule has 2 fully saturated rings. The Morgan fingerprint density at radius 3 is 1.13 bits per heavy atom. The van der Waals surface area contributed by atoms with Crippen molar-refractivity contribution in [2.24, 2.45) is 23.7 Å². The predicted octanol–water partition coefficient (Wildman–Crippen LogP) is 8.40. The Bertz CT molecular complexity index is 226. The van der Waals surface area contributed by atoms with E-state index in [1.165, 1.54) is 96.3 Å². The summed E-state index contributed by atoms with van der Waals surface area (Å²) >= 11 is 0. The van der Waals surface area contributed by atoms with Gasteiger partial charge in [0.1, 0.15) is 0 Å². The predicted molar refractivity (Wildman–Crippen MR) is 106 cm³/mol. The first-order valence-electron chi connectivity index (χ1n) is 11.2. The first kappa shape index (κ1) is 21.0. The molecule has 0 bridgehead atoms. The van der Waals surface area contributed by atoms with Gasteiger partial charge in [-0.15, -0.1) is 0 Å². The number of rotatable bonds is 7. The van der Waals surface area contributed by atoms with Gasteiger partial charge in [-0.3, -0.25) is 0 Å². The molecular formula is C23H46. The minimum absolute atomic E-state index is 1.07. The van der Waals surface area contributed by atoms with Crippen molar-refractivity contribution in [1.29, 1.82) is 0 Å². The van der Waals surface area contributed by atoms with Crippen molar-refractivity contribution in [3.8, 4) is 0 Å². The van der Waals surface area contributed by atoms with Crippen LogP contribution in [0.15, 0.2) is 0 Å². The topological polar surface area (TPSA) is 0 Å². The van der Waals surface area contributed by atoms with Gasteiger partial charge in [0.2, 0.25) is 0 Å². The fourth-order valence-electron chi connectivity index (χ4n) is 4.66. The maximum Gasteiger partial charge on any atom is -0.0414 e. The molecule has 2 aliphatic carbocycles. The summed E-state index contributed by atoms with van der Waals surface area (Å²) in [7, 11) is 0. The minimum atomic E-state index is 1.07. The van der Waals surface area contributed by atoms with E-state index in [1.807, 2.05) is 0 Å². The van der Waals surface area contributed by atoms with E-state index in [-0.39, 0.29) is 0 Å². The molecule has 138 valence electrons. The highest BCUT2D eigenvalue weighted by Crippen LogP contribution is 2.33. The van der Waals surface area contributed by atoms with Crippen molar-refractivity contribution in [2.75, 3.05) is 0 Å². The molecule has 0 saturated heterocycles. The van der Waals surface area contributed by atoms with Gasteiger partial charge in [-0.2, -0.15) is 0 Å². The lowest BCUT2D eigenvalue weighted by atomic mass is 9.79. The molecule has 0 heterocycles. The second-order valence-electron chi connectivity index (χ2n) is 8.49. The zero-order chi connectivity index (χ0) is 16.9. The Balaban J connectivity index is 0.000000238. The summed E-state index contributed by atoms with van der Waals surface area (Å²) in [5.74, 6) is 4.31. The summed E-state index contributed by atoms with van der Waals surface area (Å²) in [4.78, 5) is 0. The van der Waals surface area contributed by atoms with Gasteiger partial charge in [-0.1, -0.05) is 124 Å². The van der Waals surface area contributed by atoms with Crippen molar-refractivity contribution in [3.63, 3.8) is 0 Å². The van der Waals surface area contributed by atoms with Crippen LogP contribution in [0.5, 0.6) is 0 Å². The third-order valence-electron chi connectivity index (χ3n) is 6.88. The highest BCUT2D eigenvalue weighted by molar-refractivity contribution is 4.72. The summed E-state index contributed by atoms with van der Waals surface area (Å²) in [5, 5.41) is 0. The summed E-state index contributed by atoms with van der Waals surface area (Å²) in [5.41, 5.74) is 0. The van der Waals surface area contributed by atoms with Crippen molar-refractivity contribution in [3.05, 3.63) is 0 Å². The molecule has 0 N–H and O–H groups in total. The first-order chi connectivity index (χ1) is 11.2. The average Bonchev–Trinajstić information content (AvgIpc) is 2.63. The number of hydrogen-bond donors (Lipinski definition) is 0. The summed E-state index contributed by atoms with van der Waals surface area (Å²) < 4.78 is 0. The summed E-state index contributed by atoms with van der Waals surface area (Å²) in [6, 6.07) is 0. The van der Waals surface area contributed by atoms with E-state index in [2.05, 4.69) is 27.7 Å². The zero-order valence-electron chi connectivity index (χ0n) is 16.9. The van der Waals surface area contributed by atoms with E-state index >= 15 is 0 Å². The van der Waals surface area contributed by atoms with Crippen LogP contribution in [0.2, 0.25) is 0 Å². The highest BCUT2D eigenvalue weighted by atomic mass is 14.2. The maximum absolute atomic E-state index is 2.35. The Morgan fingerprint density at radius 1 is 0.478 bits per heavy atom. The second kappa shape index (κ2) is 13.3. The lowest BCUT2D eigenvalue weighted by Crippen LogP contribution is -2.13. The van der Waals surface area contributed by atoms with Gasteiger partial charge in [0.05, 0.1) is 0 Å². The van der Waals surface area contributed by atoms with E-state index in [4.69, 9.17) is 0 Å². The largest absolute Gasteiger partial charge is 0.0654 e. The first-order valence-corrected chi connectivity index (χ1v) is 11.2. The van der Waals surface area contributed by atoms with Gasteiger partial charge < -0.3 is 0 Å². The van der Waals surface area contributed by atoms with E-state index in [9.17, 15) is 0 Å². The molecule has 0 spiro atoms. The van der Waals surface area contributed by atoms with E-state index in [0.29, 0.717) is 0 Å². The van der Waals surface area contributed by atoms with Crippen LogP contribution in [-0.2, 0) is 0 Å². The standard InChI is InChI=1S/C13H26.C10H20/c1-3-5-6-7-13-10-8-12(4-2)9-11-13;1-3-9-5-7-10(4-2)8-6-9/h12-13H,3-11H2,1-2H3;9-10H,3-8H2,1-2H3. The molecule has 0 amide bonds. The van der Waals surface area contributed by atoms with Crippen molar-refractivity contribution in [1.82, 2.24) is 0 Å². The second-order valence-corrected chi connectivity index (χ2v) is 8.49. The van der Waals surface area contributed by atoms with Crippen LogP contribution in [-0.4, -0.2) is 0 Å². The third kappa shape index (κ3) is 9.16. The van der Waals surface area contributed by atoms with Crippen LogP contribution in [0, 0.1) is 23.7 Å². The van der Waals surface area contributed by atoms with Crippen molar-refractivity contribution >= 4 is 0 Å². The molecule has 2 rings (SSSR count). The highest BCUT2D eigenvalue weighted by Gasteiger charge is 2.19. The Labute approximate surface area is 148 Å².